The number of ether oxygens (including phenoxy) is 3. The number of rotatable bonds is 12. The number of nitrogens with one attached hydrogen (secondary N) is 2. The van der Waals surface area contributed by atoms with Crippen LogP contribution in [0.25, 0.3) is 0 Å². The molecule has 0 bridgehead atoms. The molecule has 0 saturated heterocycles. The van der Waals surface area contributed by atoms with Crippen molar-refractivity contribution in [1.82, 2.24) is 20.1 Å². The zero-order chi connectivity index (χ0) is 31.1. The molecule has 0 unspecified atom stereocenters. The van der Waals surface area contributed by atoms with Crippen molar-refractivity contribution in [3.8, 4) is 11.5 Å². The van der Waals surface area contributed by atoms with Crippen LogP contribution in [0.1, 0.15) is 94.9 Å². The Hall–Kier alpha value is -3.58. The van der Waals surface area contributed by atoms with E-state index in [-0.39, 0.29) is 42.7 Å². The number of aryl methyl sites for hydroxylation is 1. The highest BCUT2D eigenvalue weighted by Gasteiger charge is 2.28. The number of carbonyl (C=O) groups is 3. The van der Waals surface area contributed by atoms with E-state index < -0.39 is 0 Å². The van der Waals surface area contributed by atoms with E-state index in [1.54, 1.807) is 32.2 Å². The van der Waals surface area contributed by atoms with Crippen molar-refractivity contribution >= 4 is 45.9 Å². The SMILES string of the molecule is CCOC(=O)c1c(NC(=O)CSc2nnc(CNC(=O)c3ccc(OC)c(OC)c3)n2C2CCCCC2)sc2c1CCCC2. The fraction of sp³-hybridized carbons (Fsp3) is 0.516. The number of carbonyl (C=O) groups excluding carboxylic acids is 3. The smallest absolute Gasteiger partial charge is 0.341 e. The molecule has 236 valence electrons. The monoisotopic (exact) mass is 641 g/mol. The number of nitrogens with zero attached hydrogens (tertiary/aromatic N) is 3. The number of benzene rings is 1. The van der Waals surface area contributed by atoms with Crippen molar-refractivity contribution in [2.24, 2.45) is 0 Å². The molecule has 11 nitrogen and oxygen atoms in total. The Balaban J connectivity index is 1.28. The minimum absolute atomic E-state index is 0.105. The number of aromatic nitrogens is 3. The first-order valence-electron chi connectivity index (χ1n) is 15.1. The molecule has 2 aliphatic carbocycles. The molecule has 0 spiro atoms. The minimum Gasteiger partial charge on any atom is -0.493 e. The van der Waals surface area contributed by atoms with Crippen LogP contribution in [0, 0.1) is 0 Å². The Kier molecular flexibility index (Phi) is 10.8. The van der Waals surface area contributed by atoms with Gasteiger partial charge >= 0.3 is 5.97 Å². The summed E-state index contributed by atoms with van der Waals surface area (Å²) in [6.07, 6.45) is 9.18. The molecule has 2 heterocycles. The van der Waals surface area contributed by atoms with E-state index in [1.165, 1.54) is 36.6 Å². The van der Waals surface area contributed by atoms with E-state index in [9.17, 15) is 14.4 Å². The molecule has 44 heavy (non-hydrogen) atoms. The van der Waals surface area contributed by atoms with Crippen molar-refractivity contribution in [2.75, 3.05) is 31.9 Å². The van der Waals surface area contributed by atoms with Crippen LogP contribution in [0.2, 0.25) is 0 Å². The number of hydrogen-bond donors (Lipinski definition) is 2. The molecular formula is C31H39N5O6S2. The highest BCUT2D eigenvalue weighted by atomic mass is 32.2. The molecule has 0 atom stereocenters. The Morgan fingerprint density at radius 2 is 1.80 bits per heavy atom. The van der Waals surface area contributed by atoms with Gasteiger partial charge in [0.05, 0.1) is 38.7 Å². The summed E-state index contributed by atoms with van der Waals surface area (Å²) in [5.41, 5.74) is 1.96. The largest absolute Gasteiger partial charge is 0.493 e. The summed E-state index contributed by atoms with van der Waals surface area (Å²) in [4.78, 5) is 40.1. The Bertz CT molecular complexity index is 1500. The van der Waals surface area contributed by atoms with Gasteiger partial charge in [-0.15, -0.1) is 21.5 Å². The lowest BCUT2D eigenvalue weighted by molar-refractivity contribution is -0.113. The van der Waals surface area contributed by atoms with Gasteiger partial charge in [-0.2, -0.15) is 0 Å². The second-order valence-corrected chi connectivity index (χ2v) is 12.8. The van der Waals surface area contributed by atoms with Crippen molar-refractivity contribution in [3.05, 3.63) is 45.6 Å². The summed E-state index contributed by atoms with van der Waals surface area (Å²) in [5.74, 6) is 0.889. The first-order valence-corrected chi connectivity index (χ1v) is 16.9. The average Bonchev–Trinajstić information content (AvgIpc) is 3.63. The van der Waals surface area contributed by atoms with E-state index in [2.05, 4.69) is 25.4 Å². The summed E-state index contributed by atoms with van der Waals surface area (Å²) < 4.78 is 18.0. The average molecular weight is 642 g/mol. The third-order valence-electron chi connectivity index (χ3n) is 7.96. The summed E-state index contributed by atoms with van der Waals surface area (Å²) in [7, 11) is 3.07. The number of anilines is 1. The molecule has 5 rings (SSSR count). The quantitative estimate of drug-likeness (QED) is 0.192. The molecule has 2 aromatic heterocycles. The van der Waals surface area contributed by atoms with Gasteiger partial charge in [0.1, 0.15) is 5.00 Å². The summed E-state index contributed by atoms with van der Waals surface area (Å²) in [6, 6.07) is 5.20. The zero-order valence-electron chi connectivity index (χ0n) is 25.4. The first-order chi connectivity index (χ1) is 21.4. The minimum atomic E-state index is -0.383. The molecule has 0 radical (unpaired) electrons. The lowest BCUT2D eigenvalue weighted by atomic mass is 9.95. The second kappa shape index (κ2) is 14.9. The van der Waals surface area contributed by atoms with Crippen LogP contribution >= 0.6 is 23.1 Å². The maximum atomic E-state index is 13.2. The van der Waals surface area contributed by atoms with Crippen molar-refractivity contribution in [3.63, 3.8) is 0 Å². The lowest BCUT2D eigenvalue weighted by Gasteiger charge is -2.25. The molecule has 2 N–H and O–H groups in total. The maximum absolute atomic E-state index is 13.2. The van der Waals surface area contributed by atoms with Gasteiger partial charge < -0.3 is 29.4 Å². The number of thiophene rings is 1. The fourth-order valence-electron chi connectivity index (χ4n) is 5.84. The Morgan fingerprint density at radius 1 is 1.02 bits per heavy atom. The number of thioether (sulfide) groups is 1. The number of amides is 2. The van der Waals surface area contributed by atoms with Crippen LogP contribution in [0.4, 0.5) is 5.00 Å². The summed E-state index contributed by atoms with van der Waals surface area (Å²) in [5, 5.41) is 16.0. The van der Waals surface area contributed by atoms with Crippen molar-refractivity contribution < 1.29 is 28.6 Å². The van der Waals surface area contributed by atoms with E-state index in [0.29, 0.717) is 38.6 Å². The van der Waals surface area contributed by atoms with Gasteiger partial charge in [-0.1, -0.05) is 31.0 Å². The summed E-state index contributed by atoms with van der Waals surface area (Å²) >= 11 is 2.79. The molecule has 2 aliphatic rings. The highest BCUT2D eigenvalue weighted by molar-refractivity contribution is 7.99. The van der Waals surface area contributed by atoms with Gasteiger partial charge in [0.25, 0.3) is 5.91 Å². The fourth-order valence-corrected chi connectivity index (χ4v) is 7.96. The van der Waals surface area contributed by atoms with Crippen LogP contribution in [0.5, 0.6) is 11.5 Å². The predicted octanol–water partition coefficient (Wildman–Crippen LogP) is 5.58. The van der Waals surface area contributed by atoms with Gasteiger partial charge in [-0.3, -0.25) is 9.59 Å². The van der Waals surface area contributed by atoms with E-state index >= 15 is 0 Å². The topological polar surface area (TPSA) is 134 Å². The van der Waals surface area contributed by atoms with Crippen LogP contribution in [-0.4, -0.2) is 59.1 Å². The number of fused-ring (bicyclic) bond motifs is 1. The maximum Gasteiger partial charge on any atom is 0.341 e. The highest BCUT2D eigenvalue weighted by Crippen LogP contribution is 2.39. The van der Waals surface area contributed by atoms with Gasteiger partial charge in [0.2, 0.25) is 5.91 Å². The number of methoxy groups -OCH3 is 2. The molecule has 1 fully saturated rings. The van der Waals surface area contributed by atoms with Crippen LogP contribution < -0.4 is 20.1 Å². The molecule has 3 aromatic rings. The first kappa shape index (κ1) is 31.8. The van der Waals surface area contributed by atoms with Crippen LogP contribution in [0.3, 0.4) is 0 Å². The molecular weight excluding hydrogens is 603 g/mol. The van der Waals surface area contributed by atoms with Crippen molar-refractivity contribution in [2.45, 2.75) is 82.5 Å². The van der Waals surface area contributed by atoms with Crippen LogP contribution in [-0.2, 0) is 28.9 Å². The predicted molar refractivity (Wildman–Crippen MR) is 169 cm³/mol. The number of hydrogen-bond acceptors (Lipinski definition) is 10. The van der Waals surface area contributed by atoms with Gasteiger partial charge in [0, 0.05) is 16.5 Å². The van der Waals surface area contributed by atoms with Crippen LogP contribution in [0.15, 0.2) is 23.4 Å². The Labute approximate surface area is 265 Å². The molecule has 13 heteroatoms. The Morgan fingerprint density at radius 3 is 2.55 bits per heavy atom. The molecule has 0 aliphatic heterocycles. The van der Waals surface area contributed by atoms with Gasteiger partial charge in [-0.05, 0) is 69.2 Å². The molecule has 1 saturated carbocycles. The summed E-state index contributed by atoms with van der Waals surface area (Å²) in [6.45, 7) is 2.25. The zero-order valence-corrected chi connectivity index (χ0v) is 27.0. The van der Waals surface area contributed by atoms with E-state index in [0.717, 1.165) is 61.8 Å². The second-order valence-electron chi connectivity index (χ2n) is 10.8. The van der Waals surface area contributed by atoms with Crippen molar-refractivity contribution in [1.29, 1.82) is 0 Å². The normalized spacial score (nSPS) is 14.9. The third kappa shape index (κ3) is 7.20. The molecule has 2 amide bonds. The van der Waals surface area contributed by atoms with E-state index in [4.69, 9.17) is 14.2 Å². The van der Waals surface area contributed by atoms with Gasteiger partial charge in [-0.25, -0.2) is 4.79 Å². The lowest BCUT2D eigenvalue weighted by Crippen LogP contribution is -2.26. The third-order valence-corrected chi connectivity index (χ3v) is 10.1. The van der Waals surface area contributed by atoms with E-state index in [1.807, 2.05) is 0 Å². The molecule has 1 aromatic carbocycles. The number of esters is 1. The van der Waals surface area contributed by atoms with Gasteiger partial charge in [0.15, 0.2) is 22.5 Å². The standard InChI is InChI=1S/C31H39N5O6S2/c1-4-42-30(39)27-21-12-8-9-13-24(21)44-29(27)33-26(37)18-43-31-35-34-25(36(31)20-10-6-5-7-11-20)17-32-28(38)19-14-15-22(40-2)23(16-19)41-3/h14-16,20H,4-13,17-18H2,1-3H3,(H,32,38)(H,33,37).